The normalized spacial score (nSPS) is 15.6. The fourth-order valence-corrected chi connectivity index (χ4v) is 6.19. The predicted octanol–water partition coefficient (Wildman–Crippen LogP) is 6.44. The van der Waals surface area contributed by atoms with Crippen LogP contribution >= 0.6 is 36.6 Å². The van der Waals surface area contributed by atoms with Gasteiger partial charge in [-0.3, -0.25) is 0 Å². The highest BCUT2D eigenvalue weighted by Gasteiger charge is 2.33. The number of nitrogens with zero attached hydrogens (tertiary/aromatic N) is 1. The van der Waals surface area contributed by atoms with Crippen molar-refractivity contribution in [3.8, 4) is 11.1 Å². The van der Waals surface area contributed by atoms with E-state index in [9.17, 15) is 0 Å². The molecule has 2 heterocycles. The van der Waals surface area contributed by atoms with Crippen LogP contribution in [0, 0.1) is 6.92 Å². The predicted molar refractivity (Wildman–Crippen MR) is 108 cm³/mol. The lowest BCUT2D eigenvalue weighted by Gasteiger charge is -2.33. The van der Waals surface area contributed by atoms with Gasteiger partial charge in [0.25, 0.3) is 0 Å². The van der Waals surface area contributed by atoms with Crippen LogP contribution in [-0.2, 0) is 5.54 Å². The Kier molecular flexibility index (Phi) is 3.90. The van der Waals surface area contributed by atoms with Crippen molar-refractivity contribution in [2.75, 3.05) is 5.32 Å². The van der Waals surface area contributed by atoms with Crippen molar-refractivity contribution in [3.05, 3.63) is 62.0 Å². The molecular weight excluding hydrogens is 400 g/mol. The minimum atomic E-state index is -0.0771. The number of rotatable bonds is 1. The van der Waals surface area contributed by atoms with Crippen LogP contribution in [0.2, 0.25) is 0 Å². The molecule has 0 unspecified atom stereocenters. The molecule has 2 nitrogen and oxygen atoms in total. The summed E-state index contributed by atoms with van der Waals surface area (Å²) in [4.78, 5) is 6.29. The van der Waals surface area contributed by atoms with E-state index in [1.165, 1.54) is 27.3 Å². The third kappa shape index (κ3) is 2.75. The Bertz CT molecular complexity index is 981. The second-order valence-corrected chi connectivity index (χ2v) is 9.61. The van der Waals surface area contributed by atoms with Crippen LogP contribution in [0.5, 0.6) is 0 Å². The lowest BCUT2D eigenvalue weighted by Crippen LogP contribution is -2.31. The number of fused-ring (bicyclic) bond motifs is 3. The maximum absolute atomic E-state index is 4.93. The van der Waals surface area contributed by atoms with Crippen molar-refractivity contribution in [3.63, 3.8) is 0 Å². The van der Waals surface area contributed by atoms with Gasteiger partial charge in [0.05, 0.1) is 16.1 Å². The number of aryl methyl sites for hydroxylation is 1. The first-order valence-electron chi connectivity index (χ1n) is 7.77. The average Bonchev–Trinajstić information content (AvgIpc) is 2.95. The monoisotopic (exact) mass is 416 g/mol. The molecule has 4 rings (SSSR count). The van der Waals surface area contributed by atoms with E-state index in [0.717, 1.165) is 14.8 Å². The van der Waals surface area contributed by atoms with E-state index in [0.29, 0.717) is 0 Å². The number of benzene rings is 2. The molecule has 5 heteroatoms. The molecule has 1 aliphatic heterocycles. The van der Waals surface area contributed by atoms with E-state index < -0.39 is 0 Å². The first-order chi connectivity index (χ1) is 11.4. The summed E-state index contributed by atoms with van der Waals surface area (Å²) in [6, 6.07) is 14.8. The molecule has 0 saturated heterocycles. The molecule has 3 aromatic rings. The minimum absolute atomic E-state index is 0.0771. The molecule has 0 fully saturated rings. The second-order valence-electron chi connectivity index (χ2n) is 6.56. The number of hydrogen-bond donors (Lipinski definition) is 1. The molecule has 0 radical (unpaired) electrons. The van der Waals surface area contributed by atoms with Gasteiger partial charge in [0.15, 0.2) is 0 Å². The Morgan fingerprint density at radius 2 is 1.79 bits per heavy atom. The highest BCUT2D eigenvalue weighted by Crippen LogP contribution is 2.45. The molecule has 0 spiro atoms. The molecule has 1 aliphatic rings. The van der Waals surface area contributed by atoms with E-state index in [1.807, 2.05) is 34.6 Å². The maximum atomic E-state index is 4.93. The van der Waals surface area contributed by atoms with Crippen molar-refractivity contribution < 1.29 is 0 Å². The van der Waals surface area contributed by atoms with Gasteiger partial charge in [-0.1, -0.05) is 48.2 Å². The summed E-state index contributed by atoms with van der Waals surface area (Å²) < 4.78 is 2.17. The van der Waals surface area contributed by atoms with Crippen molar-refractivity contribution in [1.29, 1.82) is 0 Å². The molecular formula is C19H17BrN2S2. The molecule has 24 heavy (non-hydrogen) atoms. The summed E-state index contributed by atoms with van der Waals surface area (Å²) in [5.41, 5.74) is 5.92. The SMILES string of the molecule is Cc1ccc2c(c1)-c1c(ssc1=Nc1ccc(Br)cc1)C(C)(C)N2. The zero-order valence-electron chi connectivity index (χ0n) is 13.7. The van der Waals surface area contributed by atoms with Gasteiger partial charge in [-0.15, -0.1) is 0 Å². The van der Waals surface area contributed by atoms with Gasteiger partial charge in [-0.05, 0) is 57.2 Å². The standard InChI is InChI=1S/C19H17BrN2S2/c1-11-4-9-15-14(10-11)16-17(19(2,3)22-15)23-24-18(16)21-13-7-5-12(20)6-8-13/h4-10,22H,1-3H3. The third-order valence-corrected chi connectivity index (χ3v) is 7.33. The Balaban J connectivity index is 1.98. The average molecular weight is 417 g/mol. The van der Waals surface area contributed by atoms with E-state index in [2.05, 4.69) is 60.2 Å². The highest BCUT2D eigenvalue weighted by atomic mass is 79.9. The van der Waals surface area contributed by atoms with E-state index >= 15 is 0 Å². The van der Waals surface area contributed by atoms with Gasteiger partial charge in [0.1, 0.15) is 4.67 Å². The van der Waals surface area contributed by atoms with Crippen LogP contribution in [0.4, 0.5) is 11.4 Å². The number of halogens is 1. The topological polar surface area (TPSA) is 24.4 Å². The molecule has 2 aromatic carbocycles. The van der Waals surface area contributed by atoms with Gasteiger partial charge < -0.3 is 5.32 Å². The van der Waals surface area contributed by atoms with E-state index in [-0.39, 0.29) is 5.54 Å². The number of hydrogen-bond acceptors (Lipinski definition) is 4. The molecule has 0 aliphatic carbocycles. The molecule has 1 aromatic heterocycles. The number of anilines is 1. The zero-order chi connectivity index (χ0) is 16.9. The lowest BCUT2D eigenvalue weighted by atomic mass is 9.89. The number of nitrogens with one attached hydrogen (secondary N) is 1. The largest absolute Gasteiger partial charge is 0.375 e. The fourth-order valence-electron chi connectivity index (χ4n) is 2.99. The summed E-state index contributed by atoms with van der Waals surface area (Å²) >= 11 is 3.48. The van der Waals surface area contributed by atoms with Crippen molar-refractivity contribution >= 4 is 48.0 Å². The maximum Gasteiger partial charge on any atom is 0.135 e. The van der Waals surface area contributed by atoms with Crippen LogP contribution in [0.15, 0.2) is 51.9 Å². The smallest absolute Gasteiger partial charge is 0.135 e. The van der Waals surface area contributed by atoms with Crippen LogP contribution in [-0.4, -0.2) is 0 Å². The summed E-state index contributed by atoms with van der Waals surface area (Å²) in [5.74, 6) is 0. The minimum Gasteiger partial charge on any atom is -0.375 e. The molecule has 0 amide bonds. The molecule has 122 valence electrons. The summed E-state index contributed by atoms with van der Waals surface area (Å²) in [5, 5.41) is 3.67. The molecule has 0 bridgehead atoms. The van der Waals surface area contributed by atoms with Gasteiger partial charge in [-0.2, -0.15) is 0 Å². The van der Waals surface area contributed by atoms with Gasteiger partial charge in [0.2, 0.25) is 0 Å². The summed E-state index contributed by atoms with van der Waals surface area (Å²) in [6.45, 7) is 6.61. The van der Waals surface area contributed by atoms with Gasteiger partial charge >= 0.3 is 0 Å². The first-order valence-corrected chi connectivity index (χ1v) is 10.7. The van der Waals surface area contributed by atoms with Crippen LogP contribution in [0.1, 0.15) is 24.3 Å². The van der Waals surface area contributed by atoms with Crippen molar-refractivity contribution in [2.24, 2.45) is 4.99 Å². The molecule has 0 atom stereocenters. The second kappa shape index (κ2) is 5.83. The summed E-state index contributed by atoms with van der Waals surface area (Å²) in [6.07, 6.45) is 0. The zero-order valence-corrected chi connectivity index (χ0v) is 16.9. The van der Waals surface area contributed by atoms with Gasteiger partial charge in [0, 0.05) is 21.3 Å². The highest BCUT2D eigenvalue weighted by molar-refractivity contribution is 9.10. The molecule has 0 saturated carbocycles. The third-order valence-electron chi connectivity index (χ3n) is 4.16. The quantitative estimate of drug-likeness (QED) is 0.453. The van der Waals surface area contributed by atoms with Crippen LogP contribution < -0.4 is 9.99 Å². The Labute approximate surface area is 157 Å². The van der Waals surface area contributed by atoms with Crippen molar-refractivity contribution in [2.45, 2.75) is 26.3 Å². The van der Waals surface area contributed by atoms with Crippen LogP contribution in [0.3, 0.4) is 0 Å². The first kappa shape index (κ1) is 16.1. The Morgan fingerprint density at radius 1 is 1.04 bits per heavy atom. The Morgan fingerprint density at radius 3 is 2.54 bits per heavy atom. The van der Waals surface area contributed by atoms with Crippen molar-refractivity contribution in [1.82, 2.24) is 0 Å². The van der Waals surface area contributed by atoms with Gasteiger partial charge in [-0.25, -0.2) is 4.99 Å². The lowest BCUT2D eigenvalue weighted by molar-refractivity contribution is 0.619. The van der Waals surface area contributed by atoms with Crippen LogP contribution in [0.25, 0.3) is 11.1 Å². The fraction of sp³-hybridized carbons (Fsp3) is 0.211. The Hall–Kier alpha value is -1.43. The van der Waals surface area contributed by atoms with E-state index in [1.54, 1.807) is 10.3 Å². The van der Waals surface area contributed by atoms with E-state index in [4.69, 9.17) is 4.99 Å². The molecule has 1 N–H and O–H groups in total. The summed E-state index contributed by atoms with van der Waals surface area (Å²) in [7, 11) is 3.59.